The fourth-order valence-electron chi connectivity index (χ4n) is 2.31. The van der Waals surface area contributed by atoms with E-state index in [1.54, 1.807) is 25.5 Å². The third-order valence-corrected chi connectivity index (χ3v) is 4.74. The van der Waals surface area contributed by atoms with Crippen LogP contribution in [0.2, 0.25) is 0 Å². The van der Waals surface area contributed by atoms with Crippen LogP contribution in [0.3, 0.4) is 0 Å². The van der Waals surface area contributed by atoms with Gasteiger partial charge in [0, 0.05) is 23.9 Å². The van der Waals surface area contributed by atoms with Gasteiger partial charge in [0.2, 0.25) is 0 Å². The van der Waals surface area contributed by atoms with Crippen molar-refractivity contribution in [2.75, 3.05) is 20.7 Å². The number of methoxy groups -OCH3 is 1. The lowest BCUT2D eigenvalue weighted by atomic mass is 9.93. The number of nitrogens with zero attached hydrogens (tertiary/aromatic N) is 2. The summed E-state index contributed by atoms with van der Waals surface area (Å²) in [4.78, 5) is 8.95. The van der Waals surface area contributed by atoms with E-state index in [4.69, 9.17) is 14.5 Å². The zero-order valence-corrected chi connectivity index (χ0v) is 20.6. The van der Waals surface area contributed by atoms with Crippen LogP contribution in [-0.2, 0) is 12.0 Å². The van der Waals surface area contributed by atoms with Crippen molar-refractivity contribution < 1.29 is 9.47 Å². The molecule has 1 heterocycles. The van der Waals surface area contributed by atoms with Gasteiger partial charge in [0.15, 0.2) is 5.96 Å². The molecule has 2 aromatic rings. The lowest BCUT2D eigenvalue weighted by Crippen LogP contribution is -2.41. The van der Waals surface area contributed by atoms with Gasteiger partial charge in [-0.15, -0.1) is 35.3 Å². The molecule has 0 radical (unpaired) electrons. The van der Waals surface area contributed by atoms with Crippen molar-refractivity contribution in [3.05, 3.63) is 40.3 Å². The molecular formula is C20H31IN4O2S. The van der Waals surface area contributed by atoms with E-state index in [9.17, 15) is 0 Å². The minimum absolute atomic E-state index is 0. The fourth-order valence-corrected chi connectivity index (χ4v) is 3.27. The monoisotopic (exact) mass is 518 g/mol. The SMILES string of the molecule is CN=C(NCc1nc(C(C)(C)C)cs1)NCC(C)Oc1cccc(OC)c1.I. The zero-order chi connectivity index (χ0) is 19.9. The molecule has 1 unspecified atom stereocenters. The maximum Gasteiger partial charge on any atom is 0.191 e. The fraction of sp³-hybridized carbons (Fsp3) is 0.500. The number of aromatic nitrogens is 1. The van der Waals surface area contributed by atoms with Crippen molar-refractivity contribution in [3.8, 4) is 11.5 Å². The normalized spacial score (nSPS) is 12.7. The third-order valence-electron chi connectivity index (χ3n) is 3.89. The van der Waals surface area contributed by atoms with Gasteiger partial charge in [-0.05, 0) is 19.1 Å². The van der Waals surface area contributed by atoms with Crippen molar-refractivity contribution in [1.82, 2.24) is 15.6 Å². The molecule has 2 rings (SSSR count). The lowest BCUT2D eigenvalue weighted by Gasteiger charge is -2.18. The number of guanidine groups is 1. The molecule has 0 aliphatic rings. The molecule has 0 aliphatic carbocycles. The molecule has 1 atom stereocenters. The second kappa shape index (κ2) is 11.5. The van der Waals surface area contributed by atoms with E-state index in [1.165, 1.54) is 0 Å². The van der Waals surface area contributed by atoms with Crippen molar-refractivity contribution in [2.24, 2.45) is 4.99 Å². The lowest BCUT2D eigenvalue weighted by molar-refractivity contribution is 0.223. The molecular weight excluding hydrogens is 487 g/mol. The number of benzene rings is 1. The Morgan fingerprint density at radius 3 is 2.57 bits per heavy atom. The second-order valence-corrected chi connectivity index (χ2v) is 8.23. The van der Waals surface area contributed by atoms with E-state index in [1.807, 2.05) is 31.2 Å². The van der Waals surface area contributed by atoms with Gasteiger partial charge in [-0.2, -0.15) is 0 Å². The molecule has 1 aromatic heterocycles. The van der Waals surface area contributed by atoms with Crippen molar-refractivity contribution in [3.63, 3.8) is 0 Å². The van der Waals surface area contributed by atoms with Crippen LogP contribution in [0, 0.1) is 0 Å². The first-order valence-electron chi connectivity index (χ1n) is 9.02. The summed E-state index contributed by atoms with van der Waals surface area (Å²) in [7, 11) is 3.40. The number of hydrogen-bond acceptors (Lipinski definition) is 5. The molecule has 0 saturated carbocycles. The topological polar surface area (TPSA) is 67.8 Å². The first-order valence-corrected chi connectivity index (χ1v) is 9.90. The number of halogens is 1. The molecule has 28 heavy (non-hydrogen) atoms. The van der Waals surface area contributed by atoms with Gasteiger partial charge in [-0.25, -0.2) is 4.98 Å². The molecule has 0 aliphatic heterocycles. The summed E-state index contributed by atoms with van der Waals surface area (Å²) in [5.74, 6) is 2.29. The summed E-state index contributed by atoms with van der Waals surface area (Å²) < 4.78 is 11.1. The summed E-state index contributed by atoms with van der Waals surface area (Å²) in [6.07, 6.45) is -0.0250. The average Bonchev–Trinajstić information content (AvgIpc) is 3.11. The Labute approximate surface area is 189 Å². The third kappa shape index (κ3) is 7.83. The molecule has 1 aromatic carbocycles. The largest absolute Gasteiger partial charge is 0.497 e. The summed E-state index contributed by atoms with van der Waals surface area (Å²) in [6, 6.07) is 7.60. The average molecular weight is 518 g/mol. The Bertz CT molecular complexity index is 759. The molecule has 6 nitrogen and oxygen atoms in total. The summed E-state index contributed by atoms with van der Waals surface area (Å²) >= 11 is 1.67. The van der Waals surface area contributed by atoms with E-state index in [2.05, 4.69) is 41.8 Å². The van der Waals surface area contributed by atoms with Gasteiger partial charge in [0.05, 0.1) is 25.9 Å². The van der Waals surface area contributed by atoms with Crippen molar-refractivity contribution in [2.45, 2.75) is 45.8 Å². The Balaban J connectivity index is 0.00000392. The van der Waals surface area contributed by atoms with Gasteiger partial charge >= 0.3 is 0 Å². The maximum absolute atomic E-state index is 5.92. The van der Waals surface area contributed by atoms with E-state index in [0.29, 0.717) is 13.1 Å². The van der Waals surface area contributed by atoms with Crippen LogP contribution >= 0.6 is 35.3 Å². The van der Waals surface area contributed by atoms with Gasteiger partial charge in [-0.3, -0.25) is 4.99 Å². The van der Waals surface area contributed by atoms with Crippen molar-refractivity contribution >= 4 is 41.3 Å². The van der Waals surface area contributed by atoms with Crippen LogP contribution in [0.5, 0.6) is 11.5 Å². The van der Waals surface area contributed by atoms with Crippen LogP contribution < -0.4 is 20.1 Å². The van der Waals surface area contributed by atoms with E-state index >= 15 is 0 Å². The van der Waals surface area contributed by atoms with E-state index in [-0.39, 0.29) is 35.5 Å². The molecule has 8 heteroatoms. The highest BCUT2D eigenvalue weighted by Gasteiger charge is 2.17. The smallest absolute Gasteiger partial charge is 0.191 e. The van der Waals surface area contributed by atoms with Crippen LogP contribution in [0.4, 0.5) is 0 Å². The summed E-state index contributed by atoms with van der Waals surface area (Å²) in [6.45, 7) is 9.79. The minimum atomic E-state index is -0.0250. The van der Waals surface area contributed by atoms with Gasteiger partial charge < -0.3 is 20.1 Å². The predicted octanol–water partition coefficient (Wildman–Crippen LogP) is 4.20. The number of thiazole rings is 1. The Kier molecular flexibility index (Phi) is 10.0. The Hall–Kier alpha value is -1.55. The van der Waals surface area contributed by atoms with Gasteiger partial charge in [-0.1, -0.05) is 26.8 Å². The molecule has 0 spiro atoms. The van der Waals surface area contributed by atoms with E-state index in [0.717, 1.165) is 28.2 Å². The zero-order valence-electron chi connectivity index (χ0n) is 17.4. The number of aliphatic imine (C=N–C) groups is 1. The minimum Gasteiger partial charge on any atom is -0.497 e. The predicted molar refractivity (Wildman–Crippen MR) is 128 cm³/mol. The van der Waals surface area contributed by atoms with Crippen LogP contribution in [0.25, 0.3) is 0 Å². The van der Waals surface area contributed by atoms with Crippen molar-refractivity contribution in [1.29, 1.82) is 0 Å². The molecule has 0 saturated heterocycles. The first kappa shape index (κ1) is 24.5. The molecule has 0 amide bonds. The number of ether oxygens (including phenoxy) is 2. The Morgan fingerprint density at radius 1 is 1.25 bits per heavy atom. The first-order chi connectivity index (χ1) is 12.8. The van der Waals surface area contributed by atoms with Crippen LogP contribution in [-0.4, -0.2) is 37.7 Å². The highest BCUT2D eigenvalue weighted by molar-refractivity contribution is 14.0. The summed E-state index contributed by atoms with van der Waals surface area (Å²) in [5.41, 5.74) is 1.19. The quantitative estimate of drug-likeness (QED) is 0.327. The number of hydrogen-bond donors (Lipinski definition) is 2. The highest BCUT2D eigenvalue weighted by atomic mass is 127. The molecule has 0 bridgehead atoms. The standard InChI is InChI=1S/C20H30N4O2S.HI/c1-14(26-16-9-7-8-15(10-16)25-6)11-22-19(21-5)23-12-18-24-17(13-27-18)20(2,3)4;/h7-10,13-14H,11-12H2,1-6H3,(H2,21,22,23);1H. The van der Waals surface area contributed by atoms with Crippen LogP contribution in [0.1, 0.15) is 38.4 Å². The van der Waals surface area contributed by atoms with Gasteiger partial charge in [0.1, 0.15) is 22.6 Å². The molecule has 0 fully saturated rings. The highest BCUT2D eigenvalue weighted by Crippen LogP contribution is 2.23. The number of rotatable bonds is 7. The van der Waals surface area contributed by atoms with E-state index < -0.39 is 0 Å². The summed E-state index contributed by atoms with van der Waals surface area (Å²) in [5, 5.41) is 9.75. The molecule has 156 valence electrons. The maximum atomic E-state index is 5.92. The Morgan fingerprint density at radius 2 is 1.96 bits per heavy atom. The molecule has 2 N–H and O–H groups in total. The second-order valence-electron chi connectivity index (χ2n) is 7.29. The van der Waals surface area contributed by atoms with Gasteiger partial charge in [0.25, 0.3) is 0 Å². The van der Waals surface area contributed by atoms with Crippen LogP contribution in [0.15, 0.2) is 34.6 Å². The number of nitrogens with one attached hydrogen (secondary N) is 2.